The third kappa shape index (κ3) is 3.70. The zero-order chi connectivity index (χ0) is 15.4. The Balaban J connectivity index is 2.17. The van der Waals surface area contributed by atoms with Gasteiger partial charge in [0.1, 0.15) is 16.7 Å². The maximum absolute atomic E-state index is 13.2. The van der Waals surface area contributed by atoms with E-state index >= 15 is 0 Å². The highest BCUT2D eigenvalue weighted by molar-refractivity contribution is 6.32. The lowest BCUT2D eigenvalue weighted by atomic mass is 10.2. The van der Waals surface area contributed by atoms with Crippen LogP contribution in [-0.4, -0.2) is 29.9 Å². The van der Waals surface area contributed by atoms with Crippen LogP contribution in [0.25, 0.3) is 0 Å². The molecule has 4 nitrogen and oxygen atoms in total. The second-order valence-corrected chi connectivity index (χ2v) is 4.86. The van der Waals surface area contributed by atoms with Crippen molar-refractivity contribution in [3.8, 4) is 5.75 Å². The average Bonchev–Trinajstić information content (AvgIpc) is 2.49. The molecule has 1 heterocycles. The predicted molar refractivity (Wildman–Crippen MR) is 78.0 cm³/mol. The summed E-state index contributed by atoms with van der Waals surface area (Å²) in [5.74, 6) is -0.286. The summed E-state index contributed by atoms with van der Waals surface area (Å²) in [6.07, 6.45) is 0.973. The van der Waals surface area contributed by atoms with Gasteiger partial charge in [-0.25, -0.2) is 9.37 Å². The van der Waals surface area contributed by atoms with Gasteiger partial charge in [0.15, 0.2) is 0 Å². The summed E-state index contributed by atoms with van der Waals surface area (Å²) in [5, 5.41) is -0.0149. The molecule has 0 aliphatic heterocycles. The van der Waals surface area contributed by atoms with Gasteiger partial charge in [-0.2, -0.15) is 0 Å². The molecule has 0 aliphatic carbocycles. The molecular formula is C15H14ClFN2O2. The van der Waals surface area contributed by atoms with Gasteiger partial charge in [-0.1, -0.05) is 23.7 Å². The maximum Gasteiger partial charge on any atom is 0.257 e. The number of amides is 1. The Hall–Kier alpha value is -2.14. The lowest BCUT2D eigenvalue weighted by Gasteiger charge is -2.18. The topological polar surface area (TPSA) is 42.4 Å². The fourth-order valence-corrected chi connectivity index (χ4v) is 2.08. The Bertz CT molecular complexity index is 664. The van der Waals surface area contributed by atoms with Gasteiger partial charge in [-0.15, -0.1) is 0 Å². The molecule has 0 saturated carbocycles. The third-order valence-corrected chi connectivity index (χ3v) is 3.24. The zero-order valence-electron chi connectivity index (χ0n) is 11.6. The largest absolute Gasteiger partial charge is 0.497 e. The van der Waals surface area contributed by atoms with Gasteiger partial charge >= 0.3 is 0 Å². The SMILES string of the molecule is COc1cccc(CN(C)C(=O)c2cc(F)cnc2Cl)c1. The van der Waals surface area contributed by atoms with Gasteiger partial charge in [0.05, 0.1) is 18.9 Å². The molecule has 0 bridgehead atoms. The number of hydrogen-bond donors (Lipinski definition) is 0. The first-order chi connectivity index (χ1) is 10.0. The van der Waals surface area contributed by atoms with Crippen molar-refractivity contribution >= 4 is 17.5 Å². The number of ether oxygens (including phenoxy) is 1. The Labute approximate surface area is 127 Å². The highest BCUT2D eigenvalue weighted by atomic mass is 35.5. The van der Waals surface area contributed by atoms with E-state index in [-0.39, 0.29) is 10.7 Å². The second kappa shape index (κ2) is 6.54. The van der Waals surface area contributed by atoms with Crippen molar-refractivity contribution in [1.82, 2.24) is 9.88 Å². The minimum Gasteiger partial charge on any atom is -0.497 e. The molecule has 2 rings (SSSR count). The molecule has 110 valence electrons. The summed E-state index contributed by atoms with van der Waals surface area (Å²) in [6, 6.07) is 8.44. The van der Waals surface area contributed by atoms with E-state index in [0.717, 1.165) is 17.8 Å². The van der Waals surface area contributed by atoms with Gasteiger partial charge in [0.25, 0.3) is 5.91 Å². The molecule has 1 aromatic heterocycles. The van der Waals surface area contributed by atoms with Crippen LogP contribution in [0.1, 0.15) is 15.9 Å². The summed E-state index contributed by atoms with van der Waals surface area (Å²) < 4.78 is 18.3. The summed E-state index contributed by atoms with van der Waals surface area (Å²) in [6.45, 7) is 0.350. The van der Waals surface area contributed by atoms with Crippen molar-refractivity contribution in [3.05, 3.63) is 58.6 Å². The van der Waals surface area contributed by atoms with Crippen LogP contribution < -0.4 is 4.74 Å². The summed E-state index contributed by atoms with van der Waals surface area (Å²) in [7, 11) is 3.19. The van der Waals surface area contributed by atoms with E-state index in [0.29, 0.717) is 12.3 Å². The molecule has 1 amide bonds. The number of halogens is 2. The number of benzene rings is 1. The summed E-state index contributed by atoms with van der Waals surface area (Å²) in [5.41, 5.74) is 0.938. The van der Waals surface area contributed by atoms with Gasteiger partial charge in [-0.05, 0) is 23.8 Å². The number of pyridine rings is 1. The monoisotopic (exact) mass is 308 g/mol. The van der Waals surface area contributed by atoms with Crippen molar-refractivity contribution in [3.63, 3.8) is 0 Å². The van der Waals surface area contributed by atoms with Crippen LogP contribution in [0.2, 0.25) is 5.15 Å². The molecule has 0 N–H and O–H groups in total. The molecule has 0 unspecified atom stereocenters. The molecule has 0 saturated heterocycles. The standard InChI is InChI=1S/C15H14ClFN2O2/c1-19(9-10-4-3-5-12(6-10)21-2)15(20)13-7-11(17)8-18-14(13)16/h3-8H,9H2,1-2H3. The Morgan fingerprint density at radius 3 is 2.90 bits per heavy atom. The highest BCUT2D eigenvalue weighted by Crippen LogP contribution is 2.18. The second-order valence-electron chi connectivity index (χ2n) is 4.50. The quantitative estimate of drug-likeness (QED) is 0.815. The molecule has 1 aromatic carbocycles. The highest BCUT2D eigenvalue weighted by Gasteiger charge is 2.17. The van der Waals surface area contributed by atoms with Crippen LogP contribution in [0.5, 0.6) is 5.75 Å². The molecule has 0 spiro atoms. The van der Waals surface area contributed by atoms with Crippen molar-refractivity contribution in [2.45, 2.75) is 6.54 Å². The van der Waals surface area contributed by atoms with Crippen LogP contribution in [0.3, 0.4) is 0 Å². The summed E-state index contributed by atoms with van der Waals surface area (Å²) >= 11 is 5.84. The third-order valence-electron chi connectivity index (χ3n) is 2.94. The van der Waals surface area contributed by atoms with E-state index in [1.54, 1.807) is 14.2 Å². The number of carbonyl (C=O) groups is 1. The normalized spacial score (nSPS) is 10.3. The van der Waals surface area contributed by atoms with Crippen molar-refractivity contribution in [2.24, 2.45) is 0 Å². The smallest absolute Gasteiger partial charge is 0.257 e. The van der Waals surface area contributed by atoms with E-state index in [2.05, 4.69) is 4.98 Å². The van der Waals surface area contributed by atoms with Crippen molar-refractivity contribution in [1.29, 1.82) is 0 Å². The fraction of sp³-hybridized carbons (Fsp3) is 0.200. The van der Waals surface area contributed by atoms with Gasteiger partial charge < -0.3 is 9.64 Å². The van der Waals surface area contributed by atoms with Crippen LogP contribution in [-0.2, 0) is 6.54 Å². The number of carbonyl (C=O) groups excluding carboxylic acids is 1. The predicted octanol–water partition coefficient (Wildman–Crippen LogP) is 3.15. The zero-order valence-corrected chi connectivity index (χ0v) is 12.4. The fourth-order valence-electron chi connectivity index (χ4n) is 1.89. The van der Waals surface area contributed by atoms with E-state index in [1.165, 1.54) is 4.90 Å². The molecule has 0 aliphatic rings. The number of aromatic nitrogens is 1. The summed E-state index contributed by atoms with van der Waals surface area (Å²) in [4.78, 5) is 17.4. The number of methoxy groups -OCH3 is 1. The Kier molecular flexibility index (Phi) is 4.75. The molecular weight excluding hydrogens is 295 g/mol. The van der Waals surface area contributed by atoms with Crippen LogP contribution >= 0.6 is 11.6 Å². The van der Waals surface area contributed by atoms with E-state index in [1.807, 2.05) is 24.3 Å². The lowest BCUT2D eigenvalue weighted by Crippen LogP contribution is -2.26. The van der Waals surface area contributed by atoms with Gasteiger partial charge in [0.2, 0.25) is 0 Å². The van der Waals surface area contributed by atoms with Crippen LogP contribution in [0.4, 0.5) is 4.39 Å². The van der Waals surface area contributed by atoms with E-state index in [4.69, 9.17) is 16.3 Å². The van der Waals surface area contributed by atoms with Crippen LogP contribution in [0.15, 0.2) is 36.5 Å². The Morgan fingerprint density at radius 2 is 2.19 bits per heavy atom. The minimum absolute atomic E-state index is 0.0149. The molecule has 6 heteroatoms. The first-order valence-electron chi connectivity index (χ1n) is 6.20. The van der Waals surface area contributed by atoms with Crippen LogP contribution in [0, 0.1) is 5.82 Å². The minimum atomic E-state index is -0.600. The van der Waals surface area contributed by atoms with E-state index in [9.17, 15) is 9.18 Å². The lowest BCUT2D eigenvalue weighted by molar-refractivity contribution is 0.0784. The molecule has 21 heavy (non-hydrogen) atoms. The first kappa shape index (κ1) is 15.3. The van der Waals surface area contributed by atoms with Crippen molar-refractivity contribution < 1.29 is 13.9 Å². The first-order valence-corrected chi connectivity index (χ1v) is 6.58. The van der Waals surface area contributed by atoms with Gasteiger partial charge in [-0.3, -0.25) is 4.79 Å². The molecule has 0 atom stereocenters. The van der Waals surface area contributed by atoms with Gasteiger partial charge in [0, 0.05) is 13.6 Å². The Morgan fingerprint density at radius 1 is 1.43 bits per heavy atom. The molecule has 2 aromatic rings. The number of hydrogen-bond acceptors (Lipinski definition) is 3. The average molecular weight is 309 g/mol. The molecule has 0 fully saturated rings. The van der Waals surface area contributed by atoms with E-state index < -0.39 is 11.7 Å². The number of nitrogens with zero attached hydrogens (tertiary/aromatic N) is 2. The van der Waals surface area contributed by atoms with Crippen molar-refractivity contribution in [2.75, 3.05) is 14.2 Å². The molecule has 0 radical (unpaired) electrons. The maximum atomic E-state index is 13.2. The number of rotatable bonds is 4.